The molecule has 1 aromatic carbocycles. The molecule has 0 atom stereocenters. The van der Waals surface area contributed by atoms with E-state index in [9.17, 15) is 27.6 Å². The molecule has 2 aromatic heterocycles. The minimum absolute atomic E-state index is 0.0172. The van der Waals surface area contributed by atoms with Gasteiger partial charge in [-0.2, -0.15) is 18.3 Å². The van der Waals surface area contributed by atoms with E-state index in [2.05, 4.69) is 15.4 Å². The third-order valence-corrected chi connectivity index (χ3v) is 6.39. The zero-order valence-corrected chi connectivity index (χ0v) is 20.2. The summed E-state index contributed by atoms with van der Waals surface area (Å²) in [6, 6.07) is 8.19. The first-order valence-electron chi connectivity index (χ1n) is 11.9. The number of rotatable bonds is 8. The van der Waals surface area contributed by atoms with E-state index in [1.165, 1.54) is 0 Å². The maximum absolute atomic E-state index is 13.5. The number of nitrogens with zero attached hydrogens (tertiary/aromatic N) is 5. The molecule has 0 saturated carbocycles. The Kier molecular flexibility index (Phi) is 7.74. The highest BCUT2D eigenvalue weighted by Crippen LogP contribution is 2.31. The molecule has 12 heteroatoms. The van der Waals surface area contributed by atoms with E-state index in [1.54, 1.807) is 59.4 Å². The quantitative estimate of drug-likeness (QED) is 0.366. The summed E-state index contributed by atoms with van der Waals surface area (Å²) in [5.74, 6) is -1.17. The highest BCUT2D eigenvalue weighted by Gasteiger charge is 2.39. The molecular weight excluding hydrogens is 489 g/mol. The monoisotopic (exact) mass is 516 g/mol. The number of piperidine rings is 1. The second-order valence-electron chi connectivity index (χ2n) is 8.94. The zero-order chi connectivity index (χ0) is 26.6. The van der Waals surface area contributed by atoms with E-state index in [1.807, 2.05) is 0 Å². The Morgan fingerprint density at radius 2 is 1.81 bits per heavy atom. The summed E-state index contributed by atoms with van der Waals surface area (Å²) in [6.07, 6.45) is 0.879. The average Bonchev–Trinajstić information content (AvgIpc) is 3.53. The van der Waals surface area contributed by atoms with Crippen LogP contribution in [0.2, 0.25) is 0 Å². The Hall–Kier alpha value is -3.96. The van der Waals surface area contributed by atoms with Crippen LogP contribution in [-0.2, 0) is 18.0 Å². The van der Waals surface area contributed by atoms with Crippen LogP contribution in [0.5, 0.6) is 0 Å². The van der Waals surface area contributed by atoms with Crippen molar-refractivity contribution in [1.29, 1.82) is 0 Å². The van der Waals surface area contributed by atoms with Gasteiger partial charge in [-0.05, 0) is 31.4 Å². The Morgan fingerprint density at radius 1 is 1.11 bits per heavy atom. The molecule has 1 aliphatic heterocycles. The maximum Gasteiger partial charge on any atom is 0.435 e. The summed E-state index contributed by atoms with van der Waals surface area (Å²) in [6.45, 7) is 0.938. The van der Waals surface area contributed by atoms with Crippen LogP contribution < -0.4 is 5.32 Å². The van der Waals surface area contributed by atoms with Crippen LogP contribution in [0.15, 0.2) is 49.1 Å². The predicted molar refractivity (Wildman–Crippen MR) is 127 cm³/mol. The van der Waals surface area contributed by atoms with Crippen molar-refractivity contribution in [3.05, 3.63) is 66.0 Å². The predicted octanol–water partition coefficient (Wildman–Crippen LogP) is 3.26. The Labute approximate surface area is 211 Å². The Morgan fingerprint density at radius 3 is 2.43 bits per heavy atom. The van der Waals surface area contributed by atoms with Crippen LogP contribution in [0, 0.1) is 5.92 Å². The Bertz CT molecular complexity index is 1260. The number of aryl methyl sites for hydroxylation is 1. The third kappa shape index (κ3) is 6.07. The van der Waals surface area contributed by atoms with Crippen molar-refractivity contribution >= 4 is 17.6 Å². The van der Waals surface area contributed by atoms with Gasteiger partial charge in [-0.15, -0.1) is 0 Å². The summed E-state index contributed by atoms with van der Waals surface area (Å²) in [5.41, 5.74) is -0.914. The lowest BCUT2D eigenvalue weighted by atomic mass is 9.91. The molecule has 0 aliphatic carbocycles. The summed E-state index contributed by atoms with van der Waals surface area (Å²) in [5, 5.41) is 6.03. The van der Waals surface area contributed by atoms with Gasteiger partial charge in [0.2, 0.25) is 5.91 Å². The second kappa shape index (κ2) is 11.0. The van der Waals surface area contributed by atoms with Crippen LogP contribution in [0.25, 0.3) is 5.69 Å². The van der Waals surface area contributed by atoms with E-state index in [4.69, 9.17) is 0 Å². The molecular formula is C25H27F3N6O3. The van der Waals surface area contributed by atoms with Crippen LogP contribution in [0.4, 0.5) is 13.2 Å². The van der Waals surface area contributed by atoms with Gasteiger partial charge >= 0.3 is 6.18 Å². The van der Waals surface area contributed by atoms with Crippen LogP contribution in [0.3, 0.4) is 0 Å². The van der Waals surface area contributed by atoms with Crippen molar-refractivity contribution < 1.29 is 27.6 Å². The number of amides is 2. The number of hydrogen-bond acceptors (Lipinski definition) is 5. The number of aromatic nitrogens is 4. The molecule has 0 spiro atoms. The number of carbonyl (C=O) groups excluding carboxylic acids is 3. The molecule has 3 heterocycles. The number of carbonyl (C=O) groups is 3. The van der Waals surface area contributed by atoms with Gasteiger partial charge in [-0.3, -0.25) is 14.4 Å². The van der Waals surface area contributed by atoms with Crippen molar-refractivity contribution in [3.63, 3.8) is 0 Å². The first-order valence-corrected chi connectivity index (χ1v) is 11.9. The SMILES string of the molecule is Cn1cncc1C(=O)C1CCN(C(=O)CCCNC(=O)c2cn(-c3ccccc3)nc2C(F)(F)F)CC1. The van der Waals surface area contributed by atoms with Crippen molar-refractivity contribution in [3.8, 4) is 5.69 Å². The van der Waals surface area contributed by atoms with Gasteiger partial charge in [0, 0.05) is 45.2 Å². The fourth-order valence-electron chi connectivity index (χ4n) is 4.35. The summed E-state index contributed by atoms with van der Waals surface area (Å²) in [4.78, 5) is 43.4. The standard InChI is InChI=1S/C25H27F3N6O3/c1-32-16-29-14-20(32)22(36)17-9-12-33(13-10-17)21(35)8-5-11-30-24(37)19-15-34(18-6-3-2-4-7-18)31-23(19)25(26,27)28/h2-4,6-7,14-17H,5,8-13H2,1H3,(H,30,37). The number of halogens is 3. The van der Waals surface area contributed by atoms with Crippen molar-refractivity contribution in [1.82, 2.24) is 29.5 Å². The lowest BCUT2D eigenvalue weighted by Crippen LogP contribution is -2.40. The molecule has 4 rings (SSSR count). The number of para-hydroxylation sites is 1. The number of likely N-dealkylation sites (tertiary alicyclic amines) is 1. The topological polar surface area (TPSA) is 102 Å². The molecule has 2 amide bonds. The highest BCUT2D eigenvalue weighted by molar-refractivity contribution is 5.96. The number of alkyl halides is 3. The van der Waals surface area contributed by atoms with Gasteiger partial charge in [-0.1, -0.05) is 18.2 Å². The summed E-state index contributed by atoms with van der Waals surface area (Å²) >= 11 is 0. The number of benzene rings is 1. The fourth-order valence-corrected chi connectivity index (χ4v) is 4.35. The van der Waals surface area contributed by atoms with E-state index in [0.29, 0.717) is 37.3 Å². The van der Waals surface area contributed by atoms with Crippen LogP contribution in [-0.4, -0.2) is 61.5 Å². The first-order chi connectivity index (χ1) is 17.6. The normalized spacial score (nSPS) is 14.5. The number of imidazole rings is 1. The minimum atomic E-state index is -4.80. The molecule has 1 N–H and O–H groups in total. The molecule has 0 bridgehead atoms. The van der Waals surface area contributed by atoms with E-state index >= 15 is 0 Å². The summed E-state index contributed by atoms with van der Waals surface area (Å²) in [7, 11) is 1.76. The minimum Gasteiger partial charge on any atom is -0.352 e. The van der Waals surface area contributed by atoms with Gasteiger partial charge in [0.15, 0.2) is 11.5 Å². The molecule has 3 aromatic rings. The average molecular weight is 517 g/mol. The van der Waals surface area contributed by atoms with Gasteiger partial charge in [0.1, 0.15) is 5.69 Å². The molecule has 1 aliphatic rings. The molecule has 1 saturated heterocycles. The molecule has 9 nitrogen and oxygen atoms in total. The number of hydrogen-bond donors (Lipinski definition) is 1. The van der Waals surface area contributed by atoms with Gasteiger partial charge in [0.25, 0.3) is 5.91 Å². The number of nitrogens with one attached hydrogen (secondary N) is 1. The first kappa shape index (κ1) is 26.1. The molecule has 0 unspecified atom stereocenters. The maximum atomic E-state index is 13.5. The Balaban J connectivity index is 1.26. The second-order valence-corrected chi connectivity index (χ2v) is 8.94. The number of Topliss-reactive ketones (excluding diaryl/α,β-unsaturated/α-hetero) is 1. The molecule has 37 heavy (non-hydrogen) atoms. The zero-order valence-electron chi connectivity index (χ0n) is 20.2. The largest absolute Gasteiger partial charge is 0.435 e. The van der Waals surface area contributed by atoms with Crippen molar-refractivity contribution in [2.45, 2.75) is 31.9 Å². The smallest absolute Gasteiger partial charge is 0.352 e. The van der Waals surface area contributed by atoms with Crippen molar-refractivity contribution in [2.75, 3.05) is 19.6 Å². The van der Waals surface area contributed by atoms with E-state index < -0.39 is 23.3 Å². The lowest BCUT2D eigenvalue weighted by molar-refractivity contribution is -0.141. The third-order valence-electron chi connectivity index (χ3n) is 6.39. The summed E-state index contributed by atoms with van der Waals surface area (Å²) < 4.78 is 43.1. The van der Waals surface area contributed by atoms with Gasteiger partial charge in [0.05, 0.1) is 23.8 Å². The number of ketones is 1. The van der Waals surface area contributed by atoms with Crippen LogP contribution >= 0.6 is 0 Å². The van der Waals surface area contributed by atoms with Crippen molar-refractivity contribution in [2.24, 2.45) is 13.0 Å². The fraction of sp³-hybridized carbons (Fsp3) is 0.400. The van der Waals surface area contributed by atoms with Crippen LogP contribution in [0.1, 0.15) is 52.2 Å². The molecule has 1 fully saturated rings. The van der Waals surface area contributed by atoms with E-state index in [-0.39, 0.29) is 37.0 Å². The van der Waals surface area contributed by atoms with Gasteiger partial charge in [-0.25, -0.2) is 9.67 Å². The molecule has 0 radical (unpaired) electrons. The van der Waals surface area contributed by atoms with Gasteiger partial charge < -0.3 is 14.8 Å². The van der Waals surface area contributed by atoms with E-state index in [0.717, 1.165) is 10.9 Å². The molecule has 196 valence electrons. The lowest BCUT2D eigenvalue weighted by Gasteiger charge is -2.31. The highest BCUT2D eigenvalue weighted by atomic mass is 19.4.